The molecule has 0 radical (unpaired) electrons. The van der Waals surface area contributed by atoms with E-state index in [0.717, 1.165) is 31.7 Å². The molecule has 4 rings (SSSR count). The van der Waals surface area contributed by atoms with Crippen LogP contribution in [0, 0.1) is 16.0 Å². The molecular weight excluding hydrogens is 378 g/mol. The first-order chi connectivity index (χ1) is 13.8. The third-order valence-corrected chi connectivity index (χ3v) is 5.90. The van der Waals surface area contributed by atoms with Crippen molar-refractivity contribution in [2.24, 2.45) is 5.92 Å². The molecule has 2 saturated carbocycles. The molecular formula is C19H23N5O5. The minimum Gasteiger partial charge on any atom is -0.377 e. The van der Waals surface area contributed by atoms with Gasteiger partial charge < -0.3 is 10.6 Å². The highest BCUT2D eigenvalue weighted by Crippen LogP contribution is 2.36. The molecule has 0 aromatic heterocycles. The molecule has 3 N–H and O–H groups in total. The summed E-state index contributed by atoms with van der Waals surface area (Å²) in [6.45, 7) is 2.10. The maximum absolute atomic E-state index is 12.8. The van der Waals surface area contributed by atoms with Crippen LogP contribution in [-0.4, -0.2) is 39.4 Å². The summed E-state index contributed by atoms with van der Waals surface area (Å²) in [4.78, 5) is 48.6. The summed E-state index contributed by atoms with van der Waals surface area (Å²) in [6.07, 6.45) is 4.58. The Bertz CT molecular complexity index is 889. The summed E-state index contributed by atoms with van der Waals surface area (Å²) in [5, 5.41) is 17.9. The Kier molecular flexibility index (Phi) is 4.64. The monoisotopic (exact) mass is 401 g/mol. The van der Waals surface area contributed by atoms with Crippen LogP contribution >= 0.6 is 0 Å². The summed E-state index contributed by atoms with van der Waals surface area (Å²) in [7, 11) is 0. The molecule has 10 nitrogen and oxygen atoms in total. The Balaban J connectivity index is 1.50. The lowest BCUT2D eigenvalue weighted by atomic mass is 9.77. The molecule has 4 amide bonds. The number of carbonyl (C=O) groups is 3. The number of hydrazine groups is 1. The van der Waals surface area contributed by atoms with Crippen molar-refractivity contribution in [1.29, 1.82) is 0 Å². The van der Waals surface area contributed by atoms with E-state index in [4.69, 9.17) is 0 Å². The fourth-order valence-electron chi connectivity index (χ4n) is 3.88. The quantitative estimate of drug-likeness (QED) is 0.394. The smallest absolute Gasteiger partial charge is 0.344 e. The minimum absolute atomic E-state index is 0.00290. The number of hydrogen-bond donors (Lipinski definition) is 3. The van der Waals surface area contributed by atoms with Crippen molar-refractivity contribution in [1.82, 2.24) is 15.8 Å². The van der Waals surface area contributed by atoms with Gasteiger partial charge in [0, 0.05) is 17.7 Å². The van der Waals surface area contributed by atoms with Crippen LogP contribution in [0.3, 0.4) is 0 Å². The van der Waals surface area contributed by atoms with Gasteiger partial charge in [-0.25, -0.2) is 4.79 Å². The maximum atomic E-state index is 12.8. The molecule has 0 unspecified atom stereocenters. The van der Waals surface area contributed by atoms with Crippen molar-refractivity contribution in [2.75, 3.05) is 5.32 Å². The van der Waals surface area contributed by atoms with Gasteiger partial charge >= 0.3 is 6.03 Å². The van der Waals surface area contributed by atoms with Gasteiger partial charge in [-0.1, -0.05) is 6.92 Å². The average molecular weight is 401 g/mol. The Morgan fingerprint density at radius 1 is 1.24 bits per heavy atom. The third-order valence-electron chi connectivity index (χ3n) is 5.90. The topological polar surface area (TPSA) is 134 Å². The summed E-state index contributed by atoms with van der Waals surface area (Å²) < 4.78 is 0. The number of anilines is 1. The molecule has 1 spiro atoms. The molecule has 2 aliphatic carbocycles. The maximum Gasteiger partial charge on any atom is 0.344 e. The van der Waals surface area contributed by atoms with Gasteiger partial charge in [0.25, 0.3) is 17.5 Å². The van der Waals surface area contributed by atoms with E-state index in [2.05, 4.69) is 23.0 Å². The molecule has 1 aliphatic heterocycles. The fraction of sp³-hybridized carbons (Fsp3) is 0.526. The van der Waals surface area contributed by atoms with Crippen LogP contribution in [0.4, 0.5) is 16.2 Å². The number of nitro groups is 1. The first kappa shape index (κ1) is 19.2. The Morgan fingerprint density at radius 3 is 2.55 bits per heavy atom. The first-order valence-corrected chi connectivity index (χ1v) is 9.82. The second-order valence-corrected chi connectivity index (χ2v) is 8.18. The number of hydrogen-bond acceptors (Lipinski definition) is 6. The van der Waals surface area contributed by atoms with Crippen LogP contribution in [-0.2, 0) is 4.79 Å². The summed E-state index contributed by atoms with van der Waals surface area (Å²) in [6, 6.07) is 3.59. The number of benzene rings is 1. The van der Waals surface area contributed by atoms with Crippen LogP contribution in [0.15, 0.2) is 18.2 Å². The zero-order valence-electron chi connectivity index (χ0n) is 16.1. The van der Waals surface area contributed by atoms with Gasteiger partial charge in [-0.3, -0.25) is 25.1 Å². The SMILES string of the molecule is CC1CCC2(CC1)NC(=O)N(NC(=O)c1ccc(NC3CC3)c([N+](=O)[O-])c1)C2=O. The zero-order chi connectivity index (χ0) is 20.8. The van der Waals surface area contributed by atoms with Crippen LogP contribution in [0.2, 0.25) is 0 Å². The van der Waals surface area contributed by atoms with Crippen LogP contribution in [0.5, 0.6) is 0 Å². The Morgan fingerprint density at radius 2 is 1.93 bits per heavy atom. The molecule has 3 aliphatic rings. The summed E-state index contributed by atoms with van der Waals surface area (Å²) >= 11 is 0. The molecule has 1 aromatic carbocycles. The van der Waals surface area contributed by atoms with Gasteiger partial charge in [0.1, 0.15) is 11.2 Å². The highest BCUT2D eigenvalue weighted by Gasteiger charge is 2.53. The van der Waals surface area contributed by atoms with E-state index in [0.29, 0.717) is 29.5 Å². The number of urea groups is 1. The lowest BCUT2D eigenvalue weighted by Gasteiger charge is -2.33. The van der Waals surface area contributed by atoms with Gasteiger partial charge in [-0.2, -0.15) is 5.01 Å². The minimum atomic E-state index is -0.971. The number of imide groups is 1. The van der Waals surface area contributed by atoms with Gasteiger partial charge in [0.15, 0.2) is 0 Å². The predicted molar refractivity (Wildman–Crippen MR) is 103 cm³/mol. The highest BCUT2D eigenvalue weighted by atomic mass is 16.6. The Hall–Kier alpha value is -3.17. The Labute approximate surface area is 167 Å². The molecule has 10 heteroatoms. The first-order valence-electron chi connectivity index (χ1n) is 9.82. The van der Waals surface area contributed by atoms with Crippen molar-refractivity contribution in [3.05, 3.63) is 33.9 Å². The van der Waals surface area contributed by atoms with Crippen LogP contribution in [0.25, 0.3) is 0 Å². The van der Waals surface area contributed by atoms with Gasteiger partial charge in [-0.05, 0) is 56.6 Å². The largest absolute Gasteiger partial charge is 0.377 e. The molecule has 1 saturated heterocycles. The number of carbonyl (C=O) groups excluding carboxylic acids is 3. The second-order valence-electron chi connectivity index (χ2n) is 8.18. The van der Waals surface area contributed by atoms with Gasteiger partial charge in [0.2, 0.25) is 0 Å². The van der Waals surface area contributed by atoms with E-state index in [1.54, 1.807) is 0 Å². The molecule has 1 aromatic rings. The number of nitrogens with zero attached hydrogens (tertiary/aromatic N) is 2. The third kappa shape index (κ3) is 3.62. The highest BCUT2D eigenvalue weighted by molar-refractivity contribution is 6.09. The fourth-order valence-corrected chi connectivity index (χ4v) is 3.88. The van der Waals surface area contributed by atoms with Crippen molar-refractivity contribution in [3.8, 4) is 0 Å². The van der Waals surface area contributed by atoms with Gasteiger partial charge in [0.05, 0.1) is 4.92 Å². The molecule has 29 heavy (non-hydrogen) atoms. The van der Waals surface area contributed by atoms with Crippen molar-refractivity contribution in [2.45, 2.75) is 57.0 Å². The van der Waals surface area contributed by atoms with E-state index in [9.17, 15) is 24.5 Å². The lowest BCUT2D eigenvalue weighted by Crippen LogP contribution is -2.51. The second kappa shape index (κ2) is 7.02. The van der Waals surface area contributed by atoms with E-state index in [1.807, 2.05) is 0 Å². The van der Waals surface area contributed by atoms with Crippen molar-refractivity contribution < 1.29 is 19.3 Å². The lowest BCUT2D eigenvalue weighted by molar-refractivity contribution is -0.384. The summed E-state index contributed by atoms with van der Waals surface area (Å²) in [5.41, 5.74) is 1.46. The van der Waals surface area contributed by atoms with Gasteiger partial charge in [-0.15, -0.1) is 0 Å². The van der Waals surface area contributed by atoms with E-state index >= 15 is 0 Å². The van der Waals surface area contributed by atoms with Crippen molar-refractivity contribution in [3.63, 3.8) is 0 Å². The standard InChI is InChI=1S/C19H23N5O5/c1-11-6-8-19(9-7-11)17(26)23(18(27)21-19)22-16(25)12-2-5-14(20-13-3-4-13)15(10-12)24(28)29/h2,5,10-11,13,20H,3-4,6-9H2,1H3,(H,21,27)(H,22,25). The molecule has 3 fully saturated rings. The molecule has 1 heterocycles. The predicted octanol–water partition coefficient (Wildman–Crippen LogP) is 2.31. The normalized spacial score (nSPS) is 26.4. The molecule has 0 bridgehead atoms. The number of rotatable bonds is 5. The average Bonchev–Trinajstić information content (AvgIpc) is 3.47. The van der Waals surface area contributed by atoms with E-state index in [-0.39, 0.29) is 17.3 Å². The zero-order valence-corrected chi connectivity index (χ0v) is 16.1. The van der Waals surface area contributed by atoms with Crippen molar-refractivity contribution >= 4 is 29.2 Å². The molecule has 154 valence electrons. The van der Waals surface area contributed by atoms with Crippen LogP contribution < -0.4 is 16.1 Å². The number of amides is 4. The molecule has 0 atom stereocenters. The number of nitrogens with one attached hydrogen (secondary N) is 3. The van der Waals surface area contributed by atoms with Crippen LogP contribution in [0.1, 0.15) is 55.8 Å². The summed E-state index contributed by atoms with van der Waals surface area (Å²) in [5.74, 6) is -0.752. The number of nitro benzene ring substituents is 1. The van der Waals surface area contributed by atoms with E-state index in [1.165, 1.54) is 12.1 Å². The van der Waals surface area contributed by atoms with E-state index < -0.39 is 28.3 Å².